The van der Waals surface area contributed by atoms with Crippen LogP contribution in [-0.2, 0) is 17.9 Å². The summed E-state index contributed by atoms with van der Waals surface area (Å²) < 4.78 is 2.45. The van der Waals surface area contributed by atoms with E-state index in [2.05, 4.69) is 16.9 Å². The van der Waals surface area contributed by atoms with E-state index in [1.165, 1.54) is 17.4 Å². The first kappa shape index (κ1) is 19.1. The van der Waals surface area contributed by atoms with Crippen molar-refractivity contribution >= 4 is 34.9 Å². The molecule has 7 heteroatoms. The van der Waals surface area contributed by atoms with Crippen LogP contribution in [0.4, 0.5) is 0 Å². The predicted octanol–water partition coefficient (Wildman–Crippen LogP) is 4.27. The summed E-state index contributed by atoms with van der Waals surface area (Å²) in [5.74, 6) is -0.114. The molecular weight excluding hydrogens is 380 g/mol. The number of amides is 1. The molecule has 0 fully saturated rings. The molecule has 0 saturated carbocycles. The van der Waals surface area contributed by atoms with Gasteiger partial charge in [0, 0.05) is 17.5 Å². The lowest BCUT2D eigenvalue weighted by molar-refractivity contribution is -0.126. The van der Waals surface area contributed by atoms with Crippen LogP contribution in [0.15, 0.2) is 67.4 Å². The molecule has 5 nitrogen and oxygen atoms in total. The van der Waals surface area contributed by atoms with E-state index in [9.17, 15) is 4.79 Å². The lowest BCUT2D eigenvalue weighted by Gasteiger charge is -2.18. The molecular formula is C20H19ClN4OS. The van der Waals surface area contributed by atoms with Crippen LogP contribution in [-0.4, -0.2) is 32.3 Å². The van der Waals surface area contributed by atoms with Crippen molar-refractivity contribution in [3.8, 4) is 0 Å². The Labute approximate surface area is 167 Å². The van der Waals surface area contributed by atoms with Gasteiger partial charge >= 0.3 is 0 Å². The van der Waals surface area contributed by atoms with Crippen LogP contribution < -0.4 is 0 Å². The number of hydrogen-bond acceptors (Lipinski definition) is 4. The summed E-state index contributed by atoms with van der Waals surface area (Å²) in [5, 5.41) is 8.20. The summed E-state index contributed by atoms with van der Waals surface area (Å²) >= 11 is 7.43. The highest BCUT2D eigenvalue weighted by Gasteiger charge is 2.11. The zero-order chi connectivity index (χ0) is 19.1. The molecule has 2 heterocycles. The zero-order valence-corrected chi connectivity index (χ0v) is 16.2. The third-order valence-electron chi connectivity index (χ3n) is 3.78. The van der Waals surface area contributed by atoms with E-state index in [-0.39, 0.29) is 5.91 Å². The maximum atomic E-state index is 12.5. The molecule has 0 radical (unpaired) electrons. The minimum Gasteiger partial charge on any atom is -0.330 e. The average molecular weight is 399 g/mol. The molecule has 0 aliphatic rings. The summed E-state index contributed by atoms with van der Waals surface area (Å²) in [6.45, 7) is 5.31. The van der Waals surface area contributed by atoms with E-state index < -0.39 is 0 Å². The van der Waals surface area contributed by atoms with Gasteiger partial charge in [0.25, 0.3) is 0 Å². The van der Waals surface area contributed by atoms with Gasteiger partial charge in [-0.1, -0.05) is 53.2 Å². The summed E-state index contributed by atoms with van der Waals surface area (Å²) in [6.07, 6.45) is 6.70. The smallest absolute Gasteiger partial charge is 0.247 e. The predicted molar refractivity (Wildman–Crippen MR) is 110 cm³/mol. The van der Waals surface area contributed by atoms with Crippen molar-refractivity contribution in [3.63, 3.8) is 0 Å². The van der Waals surface area contributed by atoms with Crippen LogP contribution in [0.5, 0.6) is 0 Å². The number of halogens is 1. The number of thiophene rings is 1. The van der Waals surface area contributed by atoms with Gasteiger partial charge in [0.1, 0.15) is 5.69 Å². The highest BCUT2D eigenvalue weighted by molar-refractivity contribution is 7.16. The highest BCUT2D eigenvalue weighted by atomic mass is 35.5. The van der Waals surface area contributed by atoms with E-state index in [0.29, 0.717) is 29.7 Å². The van der Waals surface area contributed by atoms with Crippen molar-refractivity contribution in [1.29, 1.82) is 0 Å². The van der Waals surface area contributed by atoms with Gasteiger partial charge < -0.3 is 4.90 Å². The Balaban J connectivity index is 1.63. The molecule has 0 aliphatic heterocycles. The van der Waals surface area contributed by atoms with E-state index in [0.717, 1.165) is 10.4 Å². The monoisotopic (exact) mass is 398 g/mol. The van der Waals surface area contributed by atoms with Gasteiger partial charge in [-0.25, -0.2) is 4.68 Å². The lowest BCUT2D eigenvalue weighted by Crippen LogP contribution is -2.28. The van der Waals surface area contributed by atoms with Gasteiger partial charge in [0.05, 0.1) is 23.6 Å². The fourth-order valence-electron chi connectivity index (χ4n) is 2.51. The van der Waals surface area contributed by atoms with Gasteiger partial charge in [-0.3, -0.25) is 4.79 Å². The molecule has 0 spiro atoms. The van der Waals surface area contributed by atoms with E-state index in [4.69, 9.17) is 11.6 Å². The quantitative estimate of drug-likeness (QED) is 0.420. The molecule has 27 heavy (non-hydrogen) atoms. The number of carbonyl (C=O) groups excluding carboxylic acids is 1. The number of rotatable bonds is 8. The third kappa shape index (κ3) is 5.64. The van der Waals surface area contributed by atoms with Crippen LogP contribution in [0.25, 0.3) is 6.08 Å². The molecule has 0 saturated heterocycles. The van der Waals surface area contributed by atoms with Crippen LogP contribution in [0, 0.1) is 0 Å². The molecule has 2 aromatic heterocycles. The van der Waals surface area contributed by atoms with Crippen LogP contribution in [0.2, 0.25) is 4.34 Å². The molecule has 0 unspecified atom stereocenters. The zero-order valence-electron chi connectivity index (χ0n) is 14.7. The number of carbonyl (C=O) groups is 1. The SMILES string of the molecule is C=CCN(Cc1ccc(Cl)s1)C(=O)/C=C/c1cn(Cc2ccccc2)nn1. The van der Waals surface area contributed by atoms with Crippen LogP contribution in [0.3, 0.4) is 0 Å². The molecule has 3 aromatic rings. The Bertz CT molecular complexity index is 932. The van der Waals surface area contributed by atoms with Gasteiger partial charge in [0.15, 0.2) is 0 Å². The molecule has 1 aromatic carbocycles. The Morgan fingerprint density at radius 3 is 2.78 bits per heavy atom. The summed E-state index contributed by atoms with van der Waals surface area (Å²) in [6, 6.07) is 13.8. The minimum absolute atomic E-state index is 0.114. The third-order valence-corrected chi connectivity index (χ3v) is 4.99. The first-order chi connectivity index (χ1) is 13.1. The van der Waals surface area contributed by atoms with Gasteiger partial charge in [-0.05, 0) is 23.8 Å². The van der Waals surface area contributed by atoms with Gasteiger partial charge in [-0.2, -0.15) is 0 Å². The molecule has 0 bridgehead atoms. The summed E-state index contributed by atoms with van der Waals surface area (Å²) in [5.41, 5.74) is 1.78. The van der Waals surface area contributed by atoms with Crippen molar-refractivity contribution in [2.75, 3.05) is 6.54 Å². The first-order valence-electron chi connectivity index (χ1n) is 8.40. The maximum absolute atomic E-state index is 12.5. The molecule has 138 valence electrons. The second-order valence-corrected chi connectivity index (χ2v) is 7.67. The Morgan fingerprint density at radius 2 is 2.07 bits per heavy atom. The number of hydrogen-bond donors (Lipinski definition) is 0. The van der Waals surface area contributed by atoms with Crippen molar-refractivity contribution in [1.82, 2.24) is 19.9 Å². The Morgan fingerprint density at radius 1 is 1.26 bits per heavy atom. The van der Waals surface area contributed by atoms with Crippen LogP contribution >= 0.6 is 22.9 Å². The van der Waals surface area contributed by atoms with Gasteiger partial charge in [0.2, 0.25) is 5.91 Å². The lowest BCUT2D eigenvalue weighted by atomic mass is 10.2. The summed E-state index contributed by atoms with van der Waals surface area (Å²) in [7, 11) is 0. The van der Waals surface area contributed by atoms with Crippen LogP contribution in [0.1, 0.15) is 16.1 Å². The number of benzene rings is 1. The Hall–Kier alpha value is -2.70. The van der Waals surface area contributed by atoms with Crippen molar-refractivity contribution in [3.05, 3.63) is 87.9 Å². The molecule has 0 aliphatic carbocycles. The Kier molecular flexibility index (Phi) is 6.57. The largest absolute Gasteiger partial charge is 0.330 e. The topological polar surface area (TPSA) is 51.0 Å². The molecule has 3 rings (SSSR count). The van der Waals surface area contributed by atoms with E-state index in [1.807, 2.05) is 48.7 Å². The summed E-state index contributed by atoms with van der Waals surface area (Å²) in [4.78, 5) is 15.2. The van der Waals surface area contributed by atoms with Crippen molar-refractivity contribution in [2.45, 2.75) is 13.1 Å². The second-order valence-electron chi connectivity index (χ2n) is 5.87. The fourth-order valence-corrected chi connectivity index (χ4v) is 3.62. The number of nitrogens with zero attached hydrogens (tertiary/aromatic N) is 4. The minimum atomic E-state index is -0.114. The molecule has 0 atom stereocenters. The van der Waals surface area contributed by atoms with E-state index >= 15 is 0 Å². The fraction of sp³-hybridized carbons (Fsp3) is 0.150. The van der Waals surface area contributed by atoms with Crippen molar-refractivity contribution < 1.29 is 4.79 Å². The molecule has 0 N–H and O–H groups in total. The van der Waals surface area contributed by atoms with E-state index in [1.54, 1.807) is 21.7 Å². The second kappa shape index (κ2) is 9.30. The average Bonchev–Trinajstić information content (AvgIpc) is 3.29. The molecule has 1 amide bonds. The normalized spacial score (nSPS) is 11.0. The number of aromatic nitrogens is 3. The standard InChI is InChI=1S/C20H19ClN4OS/c1-2-12-24(15-18-9-10-19(21)27-18)20(26)11-8-17-14-25(23-22-17)13-16-6-4-3-5-7-16/h2-11,14H,1,12-13,15H2/b11-8+. The van der Waals surface area contributed by atoms with Crippen molar-refractivity contribution in [2.24, 2.45) is 0 Å². The highest BCUT2D eigenvalue weighted by Crippen LogP contribution is 2.22. The first-order valence-corrected chi connectivity index (χ1v) is 9.59. The van der Waals surface area contributed by atoms with Gasteiger partial charge in [-0.15, -0.1) is 23.0 Å². The maximum Gasteiger partial charge on any atom is 0.247 e.